The molecule has 0 aliphatic rings. The zero-order valence-corrected chi connectivity index (χ0v) is 12.4. The molecule has 0 aromatic heterocycles. The van der Waals surface area contributed by atoms with Gasteiger partial charge in [0.1, 0.15) is 0 Å². The van der Waals surface area contributed by atoms with Gasteiger partial charge >= 0.3 is 12.1 Å². The molecule has 2 aromatic rings. The number of carbonyl (C=O) groups excluding carboxylic acids is 1. The maximum Gasteiger partial charge on any atom is 0.470 e. The van der Waals surface area contributed by atoms with Gasteiger partial charge in [-0.15, -0.1) is 0 Å². The van der Waals surface area contributed by atoms with E-state index in [4.69, 9.17) is 9.90 Å². The first-order chi connectivity index (χ1) is 10.8. The van der Waals surface area contributed by atoms with Crippen molar-refractivity contribution in [2.45, 2.75) is 19.0 Å². The predicted octanol–water partition coefficient (Wildman–Crippen LogP) is 2.85. The minimum absolute atomic E-state index is 0.220. The summed E-state index contributed by atoms with van der Waals surface area (Å²) in [6.07, 6.45) is -3.15. The molecule has 3 N–H and O–H groups in total. The van der Waals surface area contributed by atoms with Gasteiger partial charge < -0.3 is 10.8 Å². The highest BCUT2D eigenvalue weighted by atomic mass is 19.4. The molecular weight excluding hydrogens is 307 g/mol. The van der Waals surface area contributed by atoms with E-state index in [1.54, 1.807) is 0 Å². The first kappa shape index (κ1) is 18.7. The molecule has 23 heavy (non-hydrogen) atoms. The Morgan fingerprint density at radius 1 is 0.913 bits per heavy atom. The second-order valence-electron chi connectivity index (χ2n) is 4.81. The van der Waals surface area contributed by atoms with Crippen LogP contribution in [-0.2, 0) is 17.6 Å². The highest BCUT2D eigenvalue weighted by molar-refractivity contribution is 5.79. The number of carbonyl (C=O) groups is 1. The van der Waals surface area contributed by atoms with Gasteiger partial charge in [-0.05, 0) is 29.5 Å². The lowest BCUT2D eigenvalue weighted by molar-refractivity contribution is -0.169. The fourth-order valence-electron chi connectivity index (χ4n) is 1.78. The molecule has 0 saturated heterocycles. The Kier molecular flexibility index (Phi) is 7.28. The van der Waals surface area contributed by atoms with Crippen LogP contribution >= 0.6 is 0 Å². The van der Waals surface area contributed by atoms with Gasteiger partial charge in [0, 0.05) is 6.61 Å². The first-order valence-electron chi connectivity index (χ1n) is 6.92. The van der Waals surface area contributed by atoms with E-state index in [0.717, 1.165) is 12.8 Å². The normalized spacial score (nSPS) is 10.6. The first-order valence-corrected chi connectivity index (χ1v) is 6.92. The van der Waals surface area contributed by atoms with Crippen molar-refractivity contribution in [3.63, 3.8) is 0 Å². The van der Waals surface area contributed by atoms with Gasteiger partial charge in [0.05, 0.1) is 0 Å². The molecule has 1 amide bonds. The Hall–Kier alpha value is -2.34. The second-order valence-corrected chi connectivity index (χ2v) is 4.81. The van der Waals surface area contributed by atoms with Crippen LogP contribution < -0.4 is 5.73 Å². The molecule has 0 spiro atoms. The topological polar surface area (TPSA) is 63.3 Å². The van der Waals surface area contributed by atoms with Crippen molar-refractivity contribution in [2.24, 2.45) is 5.73 Å². The van der Waals surface area contributed by atoms with E-state index >= 15 is 0 Å². The summed E-state index contributed by atoms with van der Waals surface area (Å²) in [7, 11) is 0. The van der Waals surface area contributed by atoms with Gasteiger partial charge in [-0.1, -0.05) is 54.6 Å². The zero-order chi connectivity index (χ0) is 17.3. The number of halogens is 3. The fourth-order valence-corrected chi connectivity index (χ4v) is 1.78. The molecule has 0 heterocycles. The minimum atomic E-state index is -4.86. The Morgan fingerprint density at radius 2 is 1.35 bits per heavy atom. The predicted molar refractivity (Wildman–Crippen MR) is 81.7 cm³/mol. The van der Waals surface area contributed by atoms with Crippen molar-refractivity contribution in [2.75, 3.05) is 6.61 Å². The van der Waals surface area contributed by atoms with Crippen molar-refractivity contribution in [3.8, 4) is 0 Å². The second kappa shape index (κ2) is 8.95. The largest absolute Gasteiger partial charge is 0.470 e. The lowest BCUT2D eigenvalue weighted by atomic mass is 10.0. The Labute approximate surface area is 132 Å². The summed E-state index contributed by atoms with van der Waals surface area (Å²) in [6.45, 7) is 0.220. The highest BCUT2D eigenvalue weighted by Gasteiger charge is 2.35. The molecule has 0 aliphatic heterocycles. The molecule has 124 valence electrons. The molecule has 0 radical (unpaired) electrons. The van der Waals surface area contributed by atoms with Crippen molar-refractivity contribution in [1.29, 1.82) is 0 Å². The van der Waals surface area contributed by atoms with Crippen LogP contribution in [0.15, 0.2) is 54.6 Å². The zero-order valence-electron chi connectivity index (χ0n) is 12.4. The van der Waals surface area contributed by atoms with E-state index in [1.807, 2.05) is 6.07 Å². The molecule has 0 saturated carbocycles. The number of hydrogen-bond acceptors (Lipinski definition) is 2. The van der Waals surface area contributed by atoms with Crippen LogP contribution in [0.25, 0.3) is 0 Å². The third-order valence-corrected chi connectivity index (χ3v) is 2.95. The molecule has 0 fully saturated rings. The Balaban J connectivity index is 0.000000322. The summed E-state index contributed by atoms with van der Waals surface area (Å²) >= 11 is 0. The lowest BCUT2D eigenvalue weighted by Crippen LogP contribution is -2.30. The minimum Gasteiger partial charge on any atom is -0.396 e. The van der Waals surface area contributed by atoms with Crippen LogP contribution in [-0.4, -0.2) is 23.8 Å². The van der Waals surface area contributed by atoms with Crippen LogP contribution in [0.2, 0.25) is 0 Å². The third-order valence-electron chi connectivity index (χ3n) is 2.95. The van der Waals surface area contributed by atoms with E-state index in [0.29, 0.717) is 0 Å². The van der Waals surface area contributed by atoms with Gasteiger partial charge in [-0.25, -0.2) is 0 Å². The number of benzene rings is 2. The maximum atomic E-state index is 10.7. The van der Waals surface area contributed by atoms with Gasteiger partial charge in [-0.2, -0.15) is 13.2 Å². The molecule has 2 aromatic carbocycles. The summed E-state index contributed by atoms with van der Waals surface area (Å²) in [5.74, 6) is -2.26. The molecule has 0 aliphatic carbocycles. The number of amides is 1. The van der Waals surface area contributed by atoms with Crippen LogP contribution in [0.3, 0.4) is 0 Å². The molecule has 3 nitrogen and oxygen atoms in total. The number of aliphatic hydroxyl groups excluding tert-OH is 1. The van der Waals surface area contributed by atoms with Crippen molar-refractivity contribution in [1.82, 2.24) is 0 Å². The van der Waals surface area contributed by atoms with E-state index in [9.17, 15) is 13.2 Å². The molecule has 6 heteroatoms. The van der Waals surface area contributed by atoms with Gasteiger partial charge in [0.15, 0.2) is 0 Å². The van der Waals surface area contributed by atoms with Crippen LogP contribution in [0.5, 0.6) is 0 Å². The third kappa shape index (κ3) is 7.46. The molecular formula is C17H18F3NO2. The van der Waals surface area contributed by atoms with Crippen molar-refractivity contribution >= 4 is 5.91 Å². The van der Waals surface area contributed by atoms with Gasteiger partial charge in [-0.3, -0.25) is 4.79 Å². The van der Waals surface area contributed by atoms with Crippen molar-refractivity contribution in [3.05, 3.63) is 71.3 Å². The fraction of sp³-hybridized carbons (Fsp3) is 0.235. The summed E-state index contributed by atoms with van der Waals surface area (Å²) in [5.41, 5.74) is 7.64. The summed E-state index contributed by atoms with van der Waals surface area (Å²) < 4.78 is 32.1. The number of nitrogens with two attached hydrogens (primary N) is 1. The average Bonchev–Trinajstić information content (AvgIpc) is 2.50. The van der Waals surface area contributed by atoms with Crippen LogP contribution in [0.1, 0.15) is 16.7 Å². The van der Waals surface area contributed by atoms with E-state index < -0.39 is 12.1 Å². The smallest absolute Gasteiger partial charge is 0.396 e. The molecule has 0 atom stereocenters. The quantitative estimate of drug-likeness (QED) is 0.908. The number of primary amides is 1. The molecule has 0 unspecified atom stereocenters. The number of hydrogen-bond donors (Lipinski definition) is 2. The number of rotatable bonds is 4. The number of aliphatic hydroxyl groups is 1. The Morgan fingerprint density at radius 3 is 1.78 bits per heavy atom. The molecule has 2 rings (SSSR count). The van der Waals surface area contributed by atoms with Crippen LogP contribution in [0.4, 0.5) is 13.2 Å². The van der Waals surface area contributed by atoms with E-state index in [1.165, 1.54) is 16.7 Å². The standard InChI is InChI=1S/C15H16O.C2H2F3NO/c16-11-10-13-6-8-15(9-7-13)12-14-4-2-1-3-5-14;3-2(4,5)1(6)7/h1-9,16H,10-12H2;(H2,6,7). The monoisotopic (exact) mass is 325 g/mol. The van der Waals surface area contributed by atoms with Crippen LogP contribution in [0, 0.1) is 0 Å². The van der Waals surface area contributed by atoms with E-state index in [2.05, 4.69) is 54.3 Å². The average molecular weight is 325 g/mol. The van der Waals surface area contributed by atoms with Gasteiger partial charge in [0.2, 0.25) is 0 Å². The Bertz CT molecular complexity index is 595. The van der Waals surface area contributed by atoms with Gasteiger partial charge in [0.25, 0.3) is 0 Å². The SMILES string of the molecule is NC(=O)C(F)(F)F.OCCc1ccc(Cc2ccccc2)cc1. The van der Waals surface area contributed by atoms with Crippen molar-refractivity contribution < 1.29 is 23.1 Å². The summed E-state index contributed by atoms with van der Waals surface area (Å²) in [6, 6.07) is 18.9. The number of alkyl halides is 3. The highest BCUT2D eigenvalue weighted by Crippen LogP contribution is 2.12. The maximum absolute atomic E-state index is 10.7. The molecule has 0 bridgehead atoms. The van der Waals surface area contributed by atoms with E-state index in [-0.39, 0.29) is 6.61 Å². The lowest BCUT2D eigenvalue weighted by Gasteiger charge is -2.03. The summed E-state index contributed by atoms with van der Waals surface area (Å²) in [4.78, 5) is 9.12. The summed E-state index contributed by atoms with van der Waals surface area (Å²) in [5, 5.41) is 8.82.